The van der Waals surface area contributed by atoms with Crippen LogP contribution >= 0.6 is 11.3 Å². The Morgan fingerprint density at radius 2 is 2.25 bits per heavy atom. The molecule has 1 saturated heterocycles. The first-order chi connectivity index (χ1) is 7.68. The first kappa shape index (κ1) is 12.0. The average Bonchev–Trinajstić information content (AvgIpc) is 2.70. The Hall–Kier alpha value is -0.420. The topological polar surface area (TPSA) is 38.5 Å². The van der Waals surface area contributed by atoms with Crippen molar-refractivity contribution in [2.24, 2.45) is 5.73 Å². The molecule has 3 nitrogen and oxygen atoms in total. The largest absolute Gasteiger partial charge is 0.381 e. The van der Waals surface area contributed by atoms with Gasteiger partial charge in [0.1, 0.15) is 0 Å². The van der Waals surface area contributed by atoms with Crippen molar-refractivity contribution in [1.82, 2.24) is 4.90 Å². The summed E-state index contributed by atoms with van der Waals surface area (Å²) in [5, 5.41) is 2.12. The molecule has 2 N–H and O–H groups in total. The van der Waals surface area contributed by atoms with Crippen molar-refractivity contribution in [1.29, 1.82) is 0 Å². The smallest absolute Gasteiger partial charge is 0.0484 e. The van der Waals surface area contributed by atoms with Crippen molar-refractivity contribution in [3.05, 3.63) is 22.4 Å². The highest BCUT2D eigenvalue weighted by Gasteiger charge is 2.29. The molecule has 1 aliphatic heterocycles. The Bertz CT molecular complexity index is 307. The predicted molar refractivity (Wildman–Crippen MR) is 67.6 cm³/mol. The molecule has 16 heavy (non-hydrogen) atoms. The van der Waals surface area contributed by atoms with E-state index in [-0.39, 0.29) is 5.54 Å². The molecule has 0 spiro atoms. The summed E-state index contributed by atoms with van der Waals surface area (Å²) >= 11 is 1.81. The molecule has 0 aromatic carbocycles. The van der Waals surface area contributed by atoms with Gasteiger partial charge in [-0.25, -0.2) is 0 Å². The van der Waals surface area contributed by atoms with Gasteiger partial charge in [0.2, 0.25) is 0 Å². The minimum atomic E-state index is -0.0513. The van der Waals surface area contributed by atoms with E-state index in [1.165, 1.54) is 4.88 Å². The van der Waals surface area contributed by atoms with Crippen molar-refractivity contribution in [2.75, 3.05) is 26.8 Å². The summed E-state index contributed by atoms with van der Waals surface area (Å²) < 4.78 is 5.36. The number of likely N-dealkylation sites (N-methyl/N-ethyl adjacent to an activating group) is 1. The molecule has 1 aliphatic rings. The lowest BCUT2D eigenvalue weighted by molar-refractivity contribution is 0.0404. The second-order valence-electron chi connectivity index (χ2n) is 4.73. The Labute approximate surface area is 101 Å². The van der Waals surface area contributed by atoms with Crippen LogP contribution in [0, 0.1) is 0 Å². The van der Waals surface area contributed by atoms with Crippen LogP contribution in [-0.4, -0.2) is 37.2 Å². The summed E-state index contributed by atoms with van der Waals surface area (Å²) in [5.74, 6) is 0. The molecule has 1 fully saturated rings. The van der Waals surface area contributed by atoms with Gasteiger partial charge in [0.15, 0.2) is 0 Å². The Morgan fingerprint density at radius 3 is 2.88 bits per heavy atom. The molecule has 2 rings (SSSR count). The zero-order valence-corrected chi connectivity index (χ0v) is 10.6. The number of rotatable bonds is 4. The van der Waals surface area contributed by atoms with Gasteiger partial charge in [-0.1, -0.05) is 6.07 Å². The third-order valence-corrected chi connectivity index (χ3v) is 3.94. The summed E-state index contributed by atoms with van der Waals surface area (Å²) in [7, 11) is 2.14. The summed E-state index contributed by atoms with van der Waals surface area (Å²) in [5.41, 5.74) is 6.32. The van der Waals surface area contributed by atoms with Crippen LogP contribution in [0.3, 0.4) is 0 Å². The summed E-state index contributed by atoms with van der Waals surface area (Å²) in [6, 6.07) is 4.27. The maximum Gasteiger partial charge on any atom is 0.0484 e. The zero-order chi connectivity index (χ0) is 11.4. The number of nitrogens with zero attached hydrogens (tertiary/aromatic N) is 1. The SMILES string of the molecule is CN(Cc1cccs1)CC1(N)CCOCC1. The van der Waals surface area contributed by atoms with Gasteiger partial charge >= 0.3 is 0 Å². The molecule has 0 bridgehead atoms. The van der Waals surface area contributed by atoms with E-state index in [4.69, 9.17) is 10.5 Å². The monoisotopic (exact) mass is 240 g/mol. The van der Waals surface area contributed by atoms with Crippen LogP contribution in [0.2, 0.25) is 0 Å². The van der Waals surface area contributed by atoms with Crippen molar-refractivity contribution >= 4 is 11.3 Å². The fourth-order valence-electron chi connectivity index (χ4n) is 2.20. The second-order valence-corrected chi connectivity index (χ2v) is 5.76. The van der Waals surface area contributed by atoms with Crippen molar-refractivity contribution in [3.63, 3.8) is 0 Å². The van der Waals surface area contributed by atoms with Crippen molar-refractivity contribution in [2.45, 2.75) is 24.9 Å². The molecule has 0 radical (unpaired) electrons. The number of hydrogen-bond donors (Lipinski definition) is 1. The molecular formula is C12H20N2OS. The lowest BCUT2D eigenvalue weighted by Crippen LogP contribution is -2.52. The number of hydrogen-bond acceptors (Lipinski definition) is 4. The van der Waals surface area contributed by atoms with Crippen LogP contribution in [-0.2, 0) is 11.3 Å². The lowest BCUT2D eigenvalue weighted by Gasteiger charge is -2.36. The van der Waals surface area contributed by atoms with Crippen LogP contribution < -0.4 is 5.73 Å². The molecule has 0 unspecified atom stereocenters. The van der Waals surface area contributed by atoms with Crippen molar-refractivity contribution < 1.29 is 4.74 Å². The van der Waals surface area contributed by atoms with E-state index < -0.39 is 0 Å². The minimum Gasteiger partial charge on any atom is -0.381 e. The summed E-state index contributed by atoms with van der Waals surface area (Å²) in [4.78, 5) is 3.72. The van der Waals surface area contributed by atoms with Gasteiger partial charge < -0.3 is 10.5 Å². The minimum absolute atomic E-state index is 0.0513. The van der Waals surface area contributed by atoms with Gasteiger partial charge in [0.25, 0.3) is 0 Å². The highest BCUT2D eigenvalue weighted by Crippen LogP contribution is 2.20. The fraction of sp³-hybridized carbons (Fsp3) is 0.667. The van der Waals surface area contributed by atoms with Crippen molar-refractivity contribution in [3.8, 4) is 0 Å². The number of thiophene rings is 1. The first-order valence-electron chi connectivity index (χ1n) is 5.76. The van der Waals surface area contributed by atoms with Crippen LogP contribution in [0.5, 0.6) is 0 Å². The van der Waals surface area contributed by atoms with Gasteiger partial charge in [-0.05, 0) is 31.3 Å². The first-order valence-corrected chi connectivity index (χ1v) is 6.63. The molecule has 0 saturated carbocycles. The molecule has 4 heteroatoms. The molecule has 1 aromatic heterocycles. The van der Waals surface area contributed by atoms with Crippen LogP contribution in [0.15, 0.2) is 17.5 Å². The van der Waals surface area contributed by atoms with Gasteiger partial charge in [0, 0.05) is 36.7 Å². The highest BCUT2D eigenvalue weighted by molar-refractivity contribution is 7.09. The lowest BCUT2D eigenvalue weighted by atomic mass is 9.91. The van der Waals surface area contributed by atoms with E-state index >= 15 is 0 Å². The fourth-order valence-corrected chi connectivity index (χ4v) is 2.98. The molecule has 0 amide bonds. The summed E-state index contributed by atoms with van der Waals surface area (Å²) in [6.45, 7) is 3.57. The predicted octanol–water partition coefficient (Wildman–Crippen LogP) is 1.69. The quantitative estimate of drug-likeness (QED) is 0.870. The normalized spacial score (nSPS) is 20.2. The average molecular weight is 240 g/mol. The molecule has 2 heterocycles. The van der Waals surface area contributed by atoms with Crippen LogP contribution in [0.4, 0.5) is 0 Å². The molecule has 90 valence electrons. The van der Waals surface area contributed by atoms with Crippen LogP contribution in [0.1, 0.15) is 17.7 Å². The highest BCUT2D eigenvalue weighted by atomic mass is 32.1. The van der Waals surface area contributed by atoms with E-state index in [9.17, 15) is 0 Å². The molecule has 0 aliphatic carbocycles. The van der Waals surface area contributed by atoms with Gasteiger partial charge in [0.05, 0.1) is 0 Å². The molecule has 1 aromatic rings. The standard InChI is InChI=1S/C12H20N2OS/c1-14(9-11-3-2-8-16-11)10-12(13)4-6-15-7-5-12/h2-3,8H,4-7,9-10,13H2,1H3. The summed E-state index contributed by atoms with van der Waals surface area (Å²) in [6.07, 6.45) is 1.95. The van der Waals surface area contributed by atoms with E-state index in [1.807, 2.05) is 0 Å². The number of ether oxygens (including phenoxy) is 1. The van der Waals surface area contributed by atoms with Gasteiger partial charge in [-0.15, -0.1) is 11.3 Å². The third kappa shape index (κ3) is 3.28. The van der Waals surface area contributed by atoms with Gasteiger partial charge in [-0.2, -0.15) is 0 Å². The Morgan fingerprint density at radius 1 is 1.50 bits per heavy atom. The maximum atomic E-state index is 6.37. The van der Waals surface area contributed by atoms with E-state index in [2.05, 4.69) is 29.5 Å². The van der Waals surface area contributed by atoms with Crippen LogP contribution in [0.25, 0.3) is 0 Å². The third-order valence-electron chi connectivity index (χ3n) is 3.08. The Balaban J connectivity index is 1.84. The molecular weight excluding hydrogens is 220 g/mol. The maximum absolute atomic E-state index is 6.37. The Kier molecular flexibility index (Phi) is 3.97. The second kappa shape index (κ2) is 5.27. The van der Waals surface area contributed by atoms with E-state index in [0.29, 0.717) is 0 Å². The number of nitrogens with two attached hydrogens (primary N) is 1. The zero-order valence-electron chi connectivity index (χ0n) is 9.82. The van der Waals surface area contributed by atoms with Gasteiger partial charge in [-0.3, -0.25) is 4.90 Å². The van der Waals surface area contributed by atoms with E-state index in [0.717, 1.165) is 39.1 Å². The van der Waals surface area contributed by atoms with E-state index in [1.54, 1.807) is 11.3 Å². The molecule has 0 atom stereocenters.